The van der Waals surface area contributed by atoms with Gasteiger partial charge in [0.2, 0.25) is 0 Å². The Kier molecular flexibility index (Phi) is 4.25. The second kappa shape index (κ2) is 5.71. The van der Waals surface area contributed by atoms with E-state index in [0.717, 1.165) is 38.3 Å². The first-order valence-corrected chi connectivity index (χ1v) is 6.86. The molecule has 17 heavy (non-hydrogen) atoms. The van der Waals surface area contributed by atoms with Gasteiger partial charge < -0.3 is 5.11 Å². The molecule has 0 aliphatic carbocycles. The van der Waals surface area contributed by atoms with Crippen LogP contribution in [0.15, 0.2) is 18.2 Å². The highest BCUT2D eigenvalue weighted by Gasteiger charge is 2.16. The highest BCUT2D eigenvalue weighted by Crippen LogP contribution is 2.18. The van der Waals surface area contributed by atoms with Crippen molar-refractivity contribution in [3.63, 3.8) is 0 Å². The monoisotopic (exact) mass is 256 g/mol. The number of phenols is 1. The Hall–Kier alpha value is -0.780. The average molecular weight is 256 g/mol. The standard InChI is InChI=1S/C12H17FN2OS/c1-17-15-6-4-14(5-7-15)9-10-2-3-12(16)11(13)8-10/h2-3,8,16H,4-7,9H2,1H3. The van der Waals surface area contributed by atoms with Gasteiger partial charge in [0.05, 0.1) is 0 Å². The number of aromatic hydroxyl groups is 1. The highest BCUT2D eigenvalue weighted by atomic mass is 32.2. The lowest BCUT2D eigenvalue weighted by Gasteiger charge is -2.33. The fourth-order valence-electron chi connectivity index (χ4n) is 1.98. The van der Waals surface area contributed by atoms with E-state index < -0.39 is 5.82 Å². The predicted octanol–water partition coefficient (Wildman–Crippen LogP) is 1.93. The minimum Gasteiger partial charge on any atom is -0.505 e. The van der Waals surface area contributed by atoms with E-state index in [4.69, 9.17) is 5.11 Å². The summed E-state index contributed by atoms with van der Waals surface area (Å²) in [6.45, 7) is 4.84. The quantitative estimate of drug-likeness (QED) is 0.836. The van der Waals surface area contributed by atoms with Gasteiger partial charge in [-0.3, -0.25) is 4.90 Å². The lowest BCUT2D eigenvalue weighted by atomic mass is 10.2. The Morgan fingerprint density at radius 1 is 1.29 bits per heavy atom. The fourth-order valence-corrected chi connectivity index (χ4v) is 2.51. The number of hydrogen-bond donors (Lipinski definition) is 1. The molecule has 0 radical (unpaired) electrons. The van der Waals surface area contributed by atoms with Crippen molar-refractivity contribution in [3.8, 4) is 5.75 Å². The van der Waals surface area contributed by atoms with Crippen molar-refractivity contribution >= 4 is 11.9 Å². The number of piperazine rings is 1. The summed E-state index contributed by atoms with van der Waals surface area (Å²) in [7, 11) is 0. The number of rotatable bonds is 3. The maximum atomic E-state index is 13.2. The minimum atomic E-state index is -0.537. The molecular weight excluding hydrogens is 239 g/mol. The molecule has 1 saturated heterocycles. The van der Waals surface area contributed by atoms with Crippen LogP contribution >= 0.6 is 11.9 Å². The summed E-state index contributed by atoms with van der Waals surface area (Å²) in [5.74, 6) is -0.814. The third-order valence-corrected chi connectivity index (χ3v) is 3.89. The van der Waals surface area contributed by atoms with Gasteiger partial charge in [0.1, 0.15) is 0 Å². The van der Waals surface area contributed by atoms with E-state index in [9.17, 15) is 4.39 Å². The van der Waals surface area contributed by atoms with Gasteiger partial charge in [-0.2, -0.15) is 0 Å². The first-order valence-electron chi connectivity index (χ1n) is 5.68. The van der Waals surface area contributed by atoms with Crippen LogP contribution in [-0.2, 0) is 6.54 Å². The van der Waals surface area contributed by atoms with Gasteiger partial charge in [-0.25, -0.2) is 8.70 Å². The number of benzene rings is 1. The molecule has 2 rings (SSSR count). The molecule has 1 fully saturated rings. The van der Waals surface area contributed by atoms with E-state index in [0.29, 0.717) is 0 Å². The molecule has 0 spiro atoms. The normalized spacial score (nSPS) is 18.5. The molecule has 1 aromatic carbocycles. The topological polar surface area (TPSA) is 26.7 Å². The highest BCUT2D eigenvalue weighted by molar-refractivity contribution is 7.96. The number of nitrogens with zero attached hydrogens (tertiary/aromatic N) is 2. The van der Waals surface area contributed by atoms with E-state index in [-0.39, 0.29) is 5.75 Å². The first-order chi connectivity index (χ1) is 8.19. The van der Waals surface area contributed by atoms with E-state index in [1.807, 2.05) is 0 Å². The van der Waals surface area contributed by atoms with Crippen LogP contribution < -0.4 is 0 Å². The maximum absolute atomic E-state index is 13.2. The molecule has 0 aromatic heterocycles. The van der Waals surface area contributed by atoms with Crippen LogP contribution in [0.4, 0.5) is 4.39 Å². The van der Waals surface area contributed by atoms with Gasteiger partial charge >= 0.3 is 0 Å². The van der Waals surface area contributed by atoms with Gasteiger partial charge in [0.15, 0.2) is 11.6 Å². The largest absolute Gasteiger partial charge is 0.505 e. The van der Waals surface area contributed by atoms with Crippen molar-refractivity contribution in [1.29, 1.82) is 0 Å². The van der Waals surface area contributed by atoms with Gasteiger partial charge in [-0.15, -0.1) is 0 Å². The lowest BCUT2D eigenvalue weighted by Crippen LogP contribution is -2.42. The number of hydrogen-bond acceptors (Lipinski definition) is 4. The summed E-state index contributed by atoms with van der Waals surface area (Å²) in [6.07, 6.45) is 2.09. The summed E-state index contributed by atoms with van der Waals surface area (Å²) in [4.78, 5) is 2.30. The van der Waals surface area contributed by atoms with Crippen LogP contribution in [0.3, 0.4) is 0 Å². The SMILES string of the molecule is CSN1CCN(Cc2ccc(O)c(F)c2)CC1. The van der Waals surface area contributed by atoms with Crippen molar-refractivity contribution < 1.29 is 9.50 Å². The second-order valence-corrected chi connectivity index (χ2v) is 5.06. The Morgan fingerprint density at radius 2 is 2.00 bits per heavy atom. The van der Waals surface area contributed by atoms with E-state index in [2.05, 4.69) is 15.5 Å². The third-order valence-electron chi connectivity index (χ3n) is 3.01. The number of phenolic OH excluding ortho intramolecular Hbond substituents is 1. The van der Waals surface area contributed by atoms with Gasteiger partial charge in [-0.1, -0.05) is 18.0 Å². The van der Waals surface area contributed by atoms with Crippen LogP contribution in [0, 0.1) is 5.82 Å². The van der Waals surface area contributed by atoms with Crippen LogP contribution in [0.25, 0.3) is 0 Å². The molecule has 0 amide bonds. The van der Waals surface area contributed by atoms with Gasteiger partial charge in [0.25, 0.3) is 0 Å². The van der Waals surface area contributed by atoms with E-state index >= 15 is 0 Å². The molecule has 94 valence electrons. The molecule has 5 heteroatoms. The maximum Gasteiger partial charge on any atom is 0.165 e. The zero-order chi connectivity index (χ0) is 12.3. The molecule has 0 saturated carbocycles. The van der Waals surface area contributed by atoms with Crippen molar-refractivity contribution in [2.45, 2.75) is 6.54 Å². The molecule has 1 aliphatic rings. The van der Waals surface area contributed by atoms with Crippen molar-refractivity contribution in [2.24, 2.45) is 0 Å². The van der Waals surface area contributed by atoms with Crippen molar-refractivity contribution in [3.05, 3.63) is 29.6 Å². The molecule has 1 N–H and O–H groups in total. The van der Waals surface area contributed by atoms with Gasteiger partial charge in [-0.05, 0) is 24.0 Å². The fraction of sp³-hybridized carbons (Fsp3) is 0.500. The van der Waals surface area contributed by atoms with Crippen LogP contribution in [0.1, 0.15) is 5.56 Å². The van der Waals surface area contributed by atoms with Crippen LogP contribution in [-0.4, -0.2) is 46.7 Å². The third kappa shape index (κ3) is 3.34. The summed E-state index contributed by atoms with van der Waals surface area (Å²) in [5, 5.41) is 9.12. The number of halogens is 1. The summed E-state index contributed by atoms with van der Waals surface area (Å²) < 4.78 is 15.5. The Balaban J connectivity index is 1.91. The van der Waals surface area contributed by atoms with E-state index in [1.54, 1.807) is 18.0 Å². The first kappa shape index (κ1) is 12.7. The van der Waals surface area contributed by atoms with Crippen LogP contribution in [0.2, 0.25) is 0 Å². The zero-order valence-corrected chi connectivity index (χ0v) is 10.7. The molecule has 0 bridgehead atoms. The summed E-state index contributed by atoms with van der Waals surface area (Å²) in [5.41, 5.74) is 0.915. The second-order valence-electron chi connectivity index (χ2n) is 4.17. The van der Waals surface area contributed by atoms with Gasteiger partial charge in [0, 0.05) is 32.7 Å². The molecule has 1 aromatic rings. The Morgan fingerprint density at radius 3 is 2.59 bits per heavy atom. The molecule has 0 unspecified atom stereocenters. The van der Waals surface area contributed by atoms with E-state index in [1.165, 1.54) is 12.1 Å². The average Bonchev–Trinajstić information content (AvgIpc) is 2.35. The smallest absolute Gasteiger partial charge is 0.165 e. The predicted molar refractivity (Wildman–Crippen MR) is 68.4 cm³/mol. The molecular formula is C12H17FN2OS. The summed E-state index contributed by atoms with van der Waals surface area (Å²) >= 11 is 1.77. The lowest BCUT2D eigenvalue weighted by molar-refractivity contribution is 0.189. The molecule has 1 heterocycles. The molecule has 0 atom stereocenters. The molecule has 3 nitrogen and oxygen atoms in total. The Bertz CT molecular complexity index is 381. The Labute approximate surface area is 105 Å². The molecule has 1 aliphatic heterocycles. The summed E-state index contributed by atoms with van der Waals surface area (Å²) in [6, 6.07) is 4.61. The van der Waals surface area contributed by atoms with Crippen molar-refractivity contribution in [2.75, 3.05) is 32.4 Å². The van der Waals surface area contributed by atoms with Crippen molar-refractivity contribution in [1.82, 2.24) is 9.21 Å². The zero-order valence-electron chi connectivity index (χ0n) is 9.90. The minimum absolute atomic E-state index is 0.277. The van der Waals surface area contributed by atoms with Crippen LogP contribution in [0.5, 0.6) is 5.75 Å².